The van der Waals surface area contributed by atoms with Gasteiger partial charge in [-0.25, -0.2) is 22.3 Å². The first kappa shape index (κ1) is 14.2. The molecule has 2 aromatic rings. The molecule has 5 nitrogen and oxygen atoms in total. The zero-order valence-corrected chi connectivity index (χ0v) is 10.8. The number of benzene rings is 2. The van der Waals surface area contributed by atoms with Crippen molar-refractivity contribution in [2.75, 3.05) is 5.73 Å². The van der Waals surface area contributed by atoms with Crippen molar-refractivity contribution in [2.45, 2.75) is 4.90 Å². The number of rotatable bonds is 3. The second-order valence-electron chi connectivity index (χ2n) is 3.92. The molecule has 8 heteroatoms. The molecule has 0 atom stereocenters. The lowest BCUT2D eigenvalue weighted by Crippen LogP contribution is -2.12. The van der Waals surface area contributed by atoms with Gasteiger partial charge in [-0.15, -0.1) is 0 Å². The van der Waals surface area contributed by atoms with Crippen molar-refractivity contribution in [1.29, 1.82) is 0 Å². The number of hydrogen-bond donors (Lipinski definition) is 2. The average Bonchev–Trinajstić information content (AvgIpc) is 2.33. The molecule has 0 fully saturated rings. The third-order valence-electron chi connectivity index (χ3n) is 2.43. The highest BCUT2D eigenvalue weighted by molar-refractivity contribution is 7.89. The Morgan fingerprint density at radius 2 is 1.70 bits per heavy atom. The molecule has 2 aromatic carbocycles. The van der Waals surface area contributed by atoms with E-state index in [9.17, 15) is 17.2 Å². The topological polar surface area (TPSA) is 95.4 Å². The fourth-order valence-electron chi connectivity index (χ4n) is 1.46. The molecule has 4 N–H and O–H groups in total. The highest BCUT2D eigenvalue weighted by Crippen LogP contribution is 2.31. The Labute approximate surface area is 113 Å². The maximum Gasteiger partial charge on any atom is 0.238 e. The van der Waals surface area contributed by atoms with E-state index < -0.39 is 21.7 Å². The van der Waals surface area contributed by atoms with E-state index >= 15 is 0 Å². The summed E-state index contributed by atoms with van der Waals surface area (Å²) in [6, 6.07) is 6.21. The summed E-state index contributed by atoms with van der Waals surface area (Å²) < 4.78 is 53.8. The molecular weight excluding hydrogens is 290 g/mol. The summed E-state index contributed by atoms with van der Waals surface area (Å²) >= 11 is 0. The van der Waals surface area contributed by atoms with Crippen LogP contribution in [0.15, 0.2) is 41.3 Å². The van der Waals surface area contributed by atoms with Crippen LogP contribution >= 0.6 is 0 Å². The molecule has 0 radical (unpaired) electrons. The van der Waals surface area contributed by atoms with Crippen LogP contribution in [0.3, 0.4) is 0 Å². The summed E-state index contributed by atoms with van der Waals surface area (Å²) in [5, 5.41) is 4.97. The minimum Gasteiger partial charge on any atom is -0.452 e. The van der Waals surface area contributed by atoms with Gasteiger partial charge in [0.15, 0.2) is 17.3 Å². The lowest BCUT2D eigenvalue weighted by atomic mass is 10.3. The summed E-state index contributed by atoms with van der Waals surface area (Å²) in [5.41, 5.74) is 5.69. The van der Waals surface area contributed by atoms with E-state index in [1.807, 2.05) is 0 Å². The minimum absolute atomic E-state index is 0.0844. The number of sulfonamides is 1. The Balaban J connectivity index is 2.43. The van der Waals surface area contributed by atoms with Crippen molar-refractivity contribution < 1.29 is 21.9 Å². The Bertz CT molecular complexity index is 763. The van der Waals surface area contributed by atoms with Crippen molar-refractivity contribution in [2.24, 2.45) is 5.14 Å². The van der Waals surface area contributed by atoms with Crippen molar-refractivity contribution in [3.05, 3.63) is 48.0 Å². The lowest BCUT2D eigenvalue weighted by Gasteiger charge is -2.10. The Morgan fingerprint density at radius 1 is 1.00 bits per heavy atom. The molecule has 0 bridgehead atoms. The maximum absolute atomic E-state index is 13.5. The molecule has 0 unspecified atom stereocenters. The Hall–Kier alpha value is -2.19. The van der Waals surface area contributed by atoms with Crippen LogP contribution in [0.25, 0.3) is 0 Å². The number of nitrogens with two attached hydrogens (primary N) is 2. The van der Waals surface area contributed by atoms with Crippen LogP contribution in [0.1, 0.15) is 0 Å². The van der Waals surface area contributed by atoms with E-state index in [0.29, 0.717) is 6.07 Å². The van der Waals surface area contributed by atoms with E-state index in [1.165, 1.54) is 12.1 Å². The second kappa shape index (κ2) is 5.06. The van der Waals surface area contributed by atoms with Crippen molar-refractivity contribution in [3.63, 3.8) is 0 Å². The van der Waals surface area contributed by atoms with Crippen LogP contribution in [0.5, 0.6) is 11.5 Å². The third kappa shape index (κ3) is 3.03. The predicted molar refractivity (Wildman–Crippen MR) is 68.7 cm³/mol. The van der Waals surface area contributed by atoms with Crippen molar-refractivity contribution in [1.82, 2.24) is 0 Å². The molecule has 0 saturated carbocycles. The zero-order chi connectivity index (χ0) is 14.9. The fraction of sp³-hybridized carbons (Fsp3) is 0. The van der Waals surface area contributed by atoms with Gasteiger partial charge in [0.25, 0.3) is 0 Å². The van der Waals surface area contributed by atoms with Gasteiger partial charge in [-0.2, -0.15) is 0 Å². The SMILES string of the molecule is Nc1ccc(S(N)(=O)=O)cc1Oc1ccc(F)cc1F. The van der Waals surface area contributed by atoms with Gasteiger partial charge in [-0.1, -0.05) is 0 Å². The quantitative estimate of drug-likeness (QED) is 0.847. The molecule has 0 aliphatic rings. The van der Waals surface area contributed by atoms with Crippen LogP contribution < -0.4 is 15.6 Å². The largest absolute Gasteiger partial charge is 0.452 e. The highest BCUT2D eigenvalue weighted by atomic mass is 32.2. The van der Waals surface area contributed by atoms with Crippen LogP contribution in [0, 0.1) is 11.6 Å². The normalized spacial score (nSPS) is 11.3. The summed E-state index contributed by atoms with van der Waals surface area (Å²) in [4.78, 5) is -0.232. The molecule has 2 rings (SSSR count). The fourth-order valence-corrected chi connectivity index (χ4v) is 1.99. The molecule has 0 heterocycles. The Morgan fingerprint density at radius 3 is 2.30 bits per heavy atom. The number of anilines is 1. The van der Waals surface area contributed by atoms with Crippen LogP contribution in [-0.4, -0.2) is 8.42 Å². The van der Waals surface area contributed by atoms with E-state index in [0.717, 1.165) is 18.2 Å². The summed E-state index contributed by atoms with van der Waals surface area (Å²) in [7, 11) is -3.94. The molecule has 0 aliphatic heterocycles. The van der Waals surface area contributed by atoms with Crippen LogP contribution in [0.4, 0.5) is 14.5 Å². The summed E-state index contributed by atoms with van der Waals surface area (Å²) in [6.45, 7) is 0. The van der Waals surface area contributed by atoms with E-state index in [4.69, 9.17) is 15.6 Å². The molecular formula is C12H10F2N2O3S. The number of nitrogen functional groups attached to an aromatic ring is 1. The lowest BCUT2D eigenvalue weighted by molar-refractivity contribution is 0.438. The monoisotopic (exact) mass is 300 g/mol. The molecule has 0 aromatic heterocycles. The van der Waals surface area contributed by atoms with E-state index in [-0.39, 0.29) is 22.1 Å². The molecule has 20 heavy (non-hydrogen) atoms. The predicted octanol–water partition coefficient (Wildman–Crippen LogP) is 1.99. The number of halogens is 2. The van der Waals surface area contributed by atoms with Gasteiger partial charge < -0.3 is 10.5 Å². The molecule has 0 aliphatic carbocycles. The van der Waals surface area contributed by atoms with Crippen molar-refractivity contribution >= 4 is 15.7 Å². The number of ether oxygens (including phenoxy) is 1. The first-order valence-electron chi connectivity index (χ1n) is 5.32. The molecule has 0 saturated heterocycles. The summed E-state index contributed by atoms with van der Waals surface area (Å²) in [5.74, 6) is -2.08. The van der Waals surface area contributed by atoms with Gasteiger partial charge in [0.05, 0.1) is 10.6 Å². The van der Waals surface area contributed by atoms with Gasteiger partial charge in [-0.05, 0) is 24.3 Å². The molecule has 0 spiro atoms. The van der Waals surface area contributed by atoms with E-state index in [1.54, 1.807) is 0 Å². The van der Waals surface area contributed by atoms with Gasteiger partial charge in [0.1, 0.15) is 5.82 Å². The molecule has 0 amide bonds. The minimum atomic E-state index is -3.94. The smallest absolute Gasteiger partial charge is 0.238 e. The van der Waals surface area contributed by atoms with Gasteiger partial charge >= 0.3 is 0 Å². The maximum atomic E-state index is 13.5. The highest BCUT2D eigenvalue weighted by Gasteiger charge is 2.13. The third-order valence-corrected chi connectivity index (χ3v) is 3.34. The number of hydrogen-bond acceptors (Lipinski definition) is 4. The van der Waals surface area contributed by atoms with Gasteiger partial charge in [-0.3, -0.25) is 0 Å². The van der Waals surface area contributed by atoms with E-state index in [2.05, 4.69) is 0 Å². The standard InChI is InChI=1S/C12H10F2N2O3S/c13-7-1-4-11(9(14)5-7)19-12-6-8(20(16,17)18)2-3-10(12)15/h1-6H,15H2,(H2,16,17,18). The van der Waals surface area contributed by atoms with Gasteiger partial charge in [0, 0.05) is 12.1 Å². The Kier molecular flexibility index (Phi) is 3.60. The van der Waals surface area contributed by atoms with Crippen LogP contribution in [0.2, 0.25) is 0 Å². The first-order valence-corrected chi connectivity index (χ1v) is 6.87. The first-order chi connectivity index (χ1) is 9.27. The van der Waals surface area contributed by atoms with Crippen LogP contribution in [-0.2, 0) is 10.0 Å². The summed E-state index contributed by atoms with van der Waals surface area (Å²) in [6.07, 6.45) is 0. The second-order valence-corrected chi connectivity index (χ2v) is 5.48. The zero-order valence-electron chi connectivity index (χ0n) is 10.0. The average molecular weight is 300 g/mol. The number of primary sulfonamides is 1. The van der Waals surface area contributed by atoms with Crippen molar-refractivity contribution in [3.8, 4) is 11.5 Å². The van der Waals surface area contributed by atoms with Gasteiger partial charge in [0.2, 0.25) is 10.0 Å². The molecule has 106 valence electrons.